The number of methoxy groups -OCH3 is 3. The number of rotatable bonds is 11. The van der Waals surface area contributed by atoms with Gasteiger partial charge in [-0.1, -0.05) is 29.5 Å². The number of nitrogens with zero attached hydrogens (tertiary/aromatic N) is 2. The summed E-state index contributed by atoms with van der Waals surface area (Å²) in [5, 5.41) is 9.10. The van der Waals surface area contributed by atoms with E-state index in [1.165, 1.54) is 49.4 Å². The molecule has 0 radical (unpaired) electrons. The van der Waals surface area contributed by atoms with Crippen LogP contribution in [0.1, 0.15) is 46.9 Å². The molecule has 47 heavy (non-hydrogen) atoms. The molecule has 0 unspecified atom stereocenters. The first-order chi connectivity index (χ1) is 22.6. The van der Waals surface area contributed by atoms with Crippen molar-refractivity contribution in [3.05, 3.63) is 112 Å². The van der Waals surface area contributed by atoms with Gasteiger partial charge in [0.1, 0.15) is 12.4 Å². The molecule has 0 bridgehead atoms. The minimum atomic E-state index is -0.991. The molecule has 3 aromatic carbocycles. The average molecular weight is 724 g/mol. The van der Waals surface area contributed by atoms with Gasteiger partial charge in [0.15, 0.2) is 16.3 Å². The van der Waals surface area contributed by atoms with Gasteiger partial charge in [-0.2, -0.15) is 0 Å². The number of aromatic carboxylic acids is 1. The number of carboxylic acid groups (broad SMARTS) is 1. The van der Waals surface area contributed by atoms with Crippen LogP contribution in [0.25, 0.3) is 6.08 Å². The van der Waals surface area contributed by atoms with Gasteiger partial charge in [-0.15, -0.1) is 0 Å². The molecule has 13 heteroatoms. The second-order valence-corrected chi connectivity index (χ2v) is 12.1. The fraction of sp³-hybridized carbons (Fsp3) is 0.235. The average Bonchev–Trinajstić information content (AvgIpc) is 3.36. The minimum absolute atomic E-state index is 0.146. The Morgan fingerprint density at radius 2 is 1.68 bits per heavy atom. The molecule has 1 atom stereocenters. The summed E-state index contributed by atoms with van der Waals surface area (Å²) in [6, 6.07) is 14.4. The van der Waals surface area contributed by atoms with Crippen LogP contribution in [0.15, 0.2) is 80.1 Å². The van der Waals surface area contributed by atoms with Gasteiger partial charge in [0, 0.05) is 0 Å². The molecule has 4 aromatic rings. The Morgan fingerprint density at radius 3 is 2.26 bits per heavy atom. The first-order valence-corrected chi connectivity index (χ1v) is 15.9. The van der Waals surface area contributed by atoms with Crippen LogP contribution in [-0.4, -0.2) is 49.5 Å². The van der Waals surface area contributed by atoms with Crippen molar-refractivity contribution < 1.29 is 38.4 Å². The van der Waals surface area contributed by atoms with Crippen LogP contribution in [0.3, 0.4) is 0 Å². The van der Waals surface area contributed by atoms with Crippen molar-refractivity contribution in [2.75, 3.05) is 27.9 Å². The zero-order valence-electron chi connectivity index (χ0n) is 26.2. The fourth-order valence-corrected chi connectivity index (χ4v) is 6.70. The van der Waals surface area contributed by atoms with E-state index in [1.807, 2.05) is 12.1 Å². The number of carbonyl (C=O) groups excluding carboxylic acids is 1. The number of carboxylic acids is 1. The van der Waals surface area contributed by atoms with E-state index in [0.29, 0.717) is 48.1 Å². The molecule has 0 spiro atoms. The monoisotopic (exact) mass is 722 g/mol. The summed E-state index contributed by atoms with van der Waals surface area (Å²) in [5.41, 5.74) is 2.59. The molecule has 0 aliphatic carbocycles. The predicted molar refractivity (Wildman–Crippen MR) is 178 cm³/mol. The Hall–Kier alpha value is -4.88. The third-order valence-electron chi connectivity index (χ3n) is 7.37. The van der Waals surface area contributed by atoms with Gasteiger partial charge in [0.2, 0.25) is 5.75 Å². The van der Waals surface area contributed by atoms with Gasteiger partial charge in [-0.3, -0.25) is 9.36 Å². The van der Waals surface area contributed by atoms with Crippen LogP contribution >= 0.6 is 27.3 Å². The second-order valence-electron chi connectivity index (χ2n) is 10.2. The summed E-state index contributed by atoms with van der Waals surface area (Å²) in [7, 11) is 4.48. The van der Waals surface area contributed by atoms with Crippen LogP contribution in [-0.2, 0) is 16.1 Å². The molecule has 1 aromatic heterocycles. The number of fused-ring (bicyclic) bond motifs is 1. The first-order valence-electron chi connectivity index (χ1n) is 14.3. The molecule has 0 amide bonds. The number of allylic oxidation sites excluding steroid dienone is 1. The molecule has 2 heterocycles. The van der Waals surface area contributed by atoms with Crippen molar-refractivity contribution in [3.63, 3.8) is 0 Å². The van der Waals surface area contributed by atoms with E-state index >= 15 is 0 Å². The number of benzene rings is 3. The molecular weight excluding hydrogens is 692 g/mol. The maximum atomic E-state index is 14.1. The number of thiazole rings is 1. The van der Waals surface area contributed by atoms with Gasteiger partial charge in [0.25, 0.3) is 5.56 Å². The largest absolute Gasteiger partial charge is 0.493 e. The highest BCUT2D eigenvalue weighted by Gasteiger charge is 2.34. The minimum Gasteiger partial charge on any atom is -0.493 e. The van der Waals surface area contributed by atoms with E-state index < -0.39 is 18.0 Å². The van der Waals surface area contributed by atoms with Crippen molar-refractivity contribution in [2.24, 2.45) is 4.99 Å². The maximum Gasteiger partial charge on any atom is 0.338 e. The quantitative estimate of drug-likeness (QED) is 0.215. The van der Waals surface area contributed by atoms with Gasteiger partial charge in [-0.25, -0.2) is 14.6 Å². The molecule has 5 rings (SSSR count). The Morgan fingerprint density at radius 1 is 1.00 bits per heavy atom. The van der Waals surface area contributed by atoms with Crippen LogP contribution in [0, 0.1) is 0 Å². The third-order valence-corrected chi connectivity index (χ3v) is 8.97. The van der Waals surface area contributed by atoms with Gasteiger partial charge < -0.3 is 28.8 Å². The van der Waals surface area contributed by atoms with Crippen molar-refractivity contribution in [1.82, 2.24) is 4.57 Å². The van der Waals surface area contributed by atoms with E-state index in [4.69, 9.17) is 28.8 Å². The first kappa shape index (κ1) is 33.5. The number of carbonyl (C=O) groups is 2. The highest BCUT2D eigenvalue weighted by molar-refractivity contribution is 9.10. The fourth-order valence-electron chi connectivity index (χ4n) is 5.15. The zero-order valence-corrected chi connectivity index (χ0v) is 28.6. The number of ether oxygens (including phenoxy) is 5. The van der Waals surface area contributed by atoms with Gasteiger partial charge in [0.05, 0.1) is 59.8 Å². The summed E-state index contributed by atoms with van der Waals surface area (Å²) in [6.45, 7) is 3.81. The molecule has 0 fully saturated rings. The van der Waals surface area contributed by atoms with E-state index in [2.05, 4.69) is 20.9 Å². The van der Waals surface area contributed by atoms with E-state index in [0.717, 1.165) is 11.1 Å². The Labute approximate surface area is 282 Å². The van der Waals surface area contributed by atoms with Crippen LogP contribution in [0.4, 0.5) is 0 Å². The van der Waals surface area contributed by atoms with Gasteiger partial charge in [-0.05, 0) is 88.9 Å². The van der Waals surface area contributed by atoms with E-state index in [-0.39, 0.29) is 29.9 Å². The number of hydrogen-bond donors (Lipinski definition) is 1. The summed E-state index contributed by atoms with van der Waals surface area (Å²) in [6.07, 6.45) is 1.75. The van der Waals surface area contributed by atoms with Crippen molar-refractivity contribution in [2.45, 2.75) is 26.5 Å². The number of esters is 1. The summed E-state index contributed by atoms with van der Waals surface area (Å²) in [4.78, 5) is 43.6. The lowest BCUT2D eigenvalue weighted by molar-refractivity contribution is -0.139. The molecule has 11 nitrogen and oxygen atoms in total. The van der Waals surface area contributed by atoms with Crippen molar-refractivity contribution in [3.8, 4) is 23.0 Å². The zero-order chi connectivity index (χ0) is 33.8. The lowest BCUT2D eigenvalue weighted by atomic mass is 9.95. The number of hydrogen-bond acceptors (Lipinski definition) is 10. The third kappa shape index (κ3) is 6.81. The second kappa shape index (κ2) is 14.3. The summed E-state index contributed by atoms with van der Waals surface area (Å²) >= 11 is 4.75. The highest BCUT2D eigenvalue weighted by atomic mass is 79.9. The Kier molecular flexibility index (Phi) is 10.2. The molecule has 1 N–H and O–H groups in total. The number of aromatic nitrogens is 1. The standard InChI is InChI=1S/C34H31BrN2O9S/c1-6-45-33(41)28-18(2)36-34-37(29(28)22-15-25(42-3)30(44-5)26(16-22)43-4)31(38)27(47-34)14-20-9-12-24(23(35)13-20)46-17-19-7-10-21(11-8-19)32(39)40/h7-16,29H,6,17H2,1-5H3,(H,39,40)/b27-14+/t29-/m1/s1. The van der Waals surface area contributed by atoms with Crippen molar-refractivity contribution in [1.29, 1.82) is 0 Å². The van der Waals surface area contributed by atoms with Gasteiger partial charge >= 0.3 is 11.9 Å². The summed E-state index contributed by atoms with van der Waals surface area (Å²) < 4.78 is 30.5. The molecule has 0 saturated carbocycles. The molecule has 1 aliphatic heterocycles. The van der Waals surface area contributed by atoms with Crippen LogP contribution in [0.5, 0.6) is 23.0 Å². The van der Waals surface area contributed by atoms with E-state index in [1.54, 1.807) is 50.3 Å². The maximum absolute atomic E-state index is 14.1. The summed E-state index contributed by atoms with van der Waals surface area (Å²) in [5.74, 6) is 0.104. The molecule has 1 aliphatic rings. The normalized spacial score (nSPS) is 14.3. The lowest BCUT2D eigenvalue weighted by Gasteiger charge is -2.26. The Balaban J connectivity index is 1.54. The van der Waals surface area contributed by atoms with E-state index in [9.17, 15) is 14.4 Å². The number of halogens is 1. The topological polar surface area (TPSA) is 135 Å². The SMILES string of the molecule is CCOC(=O)C1=C(C)N=c2s/c(=C/c3ccc(OCc4ccc(C(=O)O)cc4)c(Br)c3)c(=O)n2[C@@H]1c1cc(OC)c(OC)c(OC)c1. The molecule has 0 saturated heterocycles. The molecular formula is C34H31BrN2O9S. The smallest absolute Gasteiger partial charge is 0.338 e. The predicted octanol–water partition coefficient (Wildman–Crippen LogP) is 4.86. The lowest BCUT2D eigenvalue weighted by Crippen LogP contribution is -2.40. The Bertz CT molecular complexity index is 2040. The van der Waals surface area contributed by atoms with Crippen molar-refractivity contribution >= 4 is 45.3 Å². The van der Waals surface area contributed by atoms with Crippen LogP contribution in [0.2, 0.25) is 0 Å². The highest BCUT2D eigenvalue weighted by Crippen LogP contribution is 2.42. The van der Waals surface area contributed by atoms with Crippen LogP contribution < -0.4 is 33.8 Å². The molecule has 244 valence electrons.